The van der Waals surface area contributed by atoms with Gasteiger partial charge in [0.2, 0.25) is 11.8 Å². The number of amides is 2. The molecule has 172 valence electrons. The third-order valence-corrected chi connectivity index (χ3v) is 5.13. The van der Waals surface area contributed by atoms with Gasteiger partial charge in [0, 0.05) is 12.6 Å². The van der Waals surface area contributed by atoms with Crippen LogP contribution in [0.1, 0.15) is 58.6 Å². The molecule has 0 fully saturated rings. The summed E-state index contributed by atoms with van der Waals surface area (Å²) in [5.74, 6) is -0.557. The quantitative estimate of drug-likeness (QED) is 0.439. The molecule has 0 bridgehead atoms. The number of nitrogens with one attached hydrogen (secondary N) is 2. The van der Waals surface area contributed by atoms with Crippen molar-refractivity contribution in [2.24, 2.45) is 11.8 Å². The van der Waals surface area contributed by atoms with Gasteiger partial charge in [-0.15, -0.1) is 0 Å². The second-order valence-corrected chi connectivity index (χ2v) is 8.92. The zero-order chi connectivity index (χ0) is 23.8. The standard InChI is InChI=1S/C26H34N2O4/c1-16(2)15-20-7-9-21(10-8-20)18(5)25(30)28-24(17(3)4)26(31)32-23-13-11-22(12-14-23)27-19(6)29/h7-14,16-18,24H,15H2,1-6H3,(H,27,29)(H,28,30)/t18-,24+/m1/s1. The van der Waals surface area contributed by atoms with Crippen LogP contribution in [0.25, 0.3) is 0 Å². The molecule has 0 aliphatic carbocycles. The highest BCUT2D eigenvalue weighted by atomic mass is 16.5. The lowest BCUT2D eigenvalue weighted by Gasteiger charge is -2.23. The number of hydrogen-bond donors (Lipinski definition) is 2. The van der Waals surface area contributed by atoms with Gasteiger partial charge >= 0.3 is 5.97 Å². The van der Waals surface area contributed by atoms with Gasteiger partial charge in [0.1, 0.15) is 11.8 Å². The van der Waals surface area contributed by atoms with E-state index >= 15 is 0 Å². The molecule has 0 aliphatic heterocycles. The third-order valence-electron chi connectivity index (χ3n) is 5.13. The van der Waals surface area contributed by atoms with Crippen molar-refractivity contribution < 1.29 is 19.1 Å². The molecule has 0 radical (unpaired) electrons. The normalized spacial score (nSPS) is 12.9. The molecular formula is C26H34N2O4. The first-order chi connectivity index (χ1) is 15.1. The van der Waals surface area contributed by atoms with E-state index in [1.165, 1.54) is 12.5 Å². The average Bonchev–Trinajstić information content (AvgIpc) is 2.72. The van der Waals surface area contributed by atoms with E-state index in [1.54, 1.807) is 24.3 Å². The van der Waals surface area contributed by atoms with Gasteiger partial charge in [-0.2, -0.15) is 0 Å². The van der Waals surface area contributed by atoms with Crippen molar-refractivity contribution in [2.45, 2.75) is 59.9 Å². The molecule has 0 heterocycles. The summed E-state index contributed by atoms with van der Waals surface area (Å²) in [6, 6.07) is 13.8. The topological polar surface area (TPSA) is 84.5 Å². The largest absolute Gasteiger partial charge is 0.425 e. The summed E-state index contributed by atoms with van der Waals surface area (Å²) in [7, 11) is 0. The maximum atomic E-state index is 12.9. The van der Waals surface area contributed by atoms with E-state index in [0.29, 0.717) is 17.4 Å². The van der Waals surface area contributed by atoms with Crippen LogP contribution in [0.3, 0.4) is 0 Å². The fourth-order valence-corrected chi connectivity index (χ4v) is 3.33. The van der Waals surface area contributed by atoms with Gasteiger partial charge in [-0.25, -0.2) is 4.79 Å². The summed E-state index contributed by atoms with van der Waals surface area (Å²) in [6.07, 6.45) is 0.994. The number of ether oxygens (including phenoxy) is 1. The van der Waals surface area contributed by atoms with E-state index in [2.05, 4.69) is 36.6 Å². The van der Waals surface area contributed by atoms with E-state index < -0.39 is 17.9 Å². The molecule has 2 aromatic carbocycles. The molecule has 2 atom stereocenters. The van der Waals surface area contributed by atoms with Crippen LogP contribution < -0.4 is 15.4 Å². The number of esters is 1. The van der Waals surface area contributed by atoms with E-state index in [4.69, 9.17) is 4.74 Å². The van der Waals surface area contributed by atoms with Gasteiger partial charge in [0.25, 0.3) is 0 Å². The van der Waals surface area contributed by atoms with E-state index in [1.807, 2.05) is 32.9 Å². The molecule has 6 nitrogen and oxygen atoms in total. The summed E-state index contributed by atoms with van der Waals surface area (Å²) in [6.45, 7) is 11.3. The summed E-state index contributed by atoms with van der Waals surface area (Å²) >= 11 is 0. The second-order valence-electron chi connectivity index (χ2n) is 8.92. The summed E-state index contributed by atoms with van der Waals surface area (Å²) in [4.78, 5) is 36.7. The third kappa shape index (κ3) is 7.52. The second kappa shape index (κ2) is 11.5. The lowest BCUT2D eigenvalue weighted by Crippen LogP contribution is -2.47. The molecule has 0 aliphatic rings. The van der Waals surface area contributed by atoms with Crippen LogP contribution in [0.15, 0.2) is 48.5 Å². The van der Waals surface area contributed by atoms with Crippen molar-refractivity contribution in [1.29, 1.82) is 0 Å². The van der Waals surface area contributed by atoms with Crippen LogP contribution in [-0.4, -0.2) is 23.8 Å². The van der Waals surface area contributed by atoms with Crippen LogP contribution in [0, 0.1) is 11.8 Å². The average molecular weight is 439 g/mol. The smallest absolute Gasteiger partial charge is 0.334 e. The van der Waals surface area contributed by atoms with Gasteiger partial charge in [-0.3, -0.25) is 9.59 Å². The van der Waals surface area contributed by atoms with Crippen molar-refractivity contribution in [3.8, 4) is 5.75 Å². The lowest BCUT2D eigenvalue weighted by molar-refractivity contribution is -0.140. The fourth-order valence-electron chi connectivity index (χ4n) is 3.33. The van der Waals surface area contributed by atoms with Crippen molar-refractivity contribution >= 4 is 23.5 Å². The lowest BCUT2D eigenvalue weighted by atomic mass is 9.95. The maximum Gasteiger partial charge on any atom is 0.334 e. The van der Waals surface area contributed by atoms with Crippen LogP contribution in [0.5, 0.6) is 5.75 Å². The molecule has 0 unspecified atom stereocenters. The van der Waals surface area contributed by atoms with Gasteiger partial charge in [-0.05, 0) is 60.6 Å². The van der Waals surface area contributed by atoms with Crippen molar-refractivity contribution in [3.63, 3.8) is 0 Å². The minimum atomic E-state index is -0.778. The zero-order valence-electron chi connectivity index (χ0n) is 19.8. The molecule has 0 saturated heterocycles. The Balaban J connectivity index is 2.02. The highest BCUT2D eigenvalue weighted by molar-refractivity contribution is 5.90. The number of rotatable bonds is 9. The monoisotopic (exact) mass is 438 g/mol. The predicted molar refractivity (Wildman–Crippen MR) is 127 cm³/mol. The number of benzene rings is 2. The Hall–Kier alpha value is -3.15. The van der Waals surface area contributed by atoms with Crippen LogP contribution in [0.4, 0.5) is 5.69 Å². The van der Waals surface area contributed by atoms with E-state index in [0.717, 1.165) is 12.0 Å². The molecule has 2 N–H and O–H groups in total. The number of hydrogen-bond acceptors (Lipinski definition) is 4. The van der Waals surface area contributed by atoms with Crippen molar-refractivity contribution in [3.05, 3.63) is 59.7 Å². The minimum absolute atomic E-state index is 0.147. The van der Waals surface area contributed by atoms with Crippen LogP contribution >= 0.6 is 0 Å². The highest BCUT2D eigenvalue weighted by Crippen LogP contribution is 2.20. The van der Waals surface area contributed by atoms with E-state index in [-0.39, 0.29) is 17.7 Å². The first-order valence-corrected chi connectivity index (χ1v) is 11.0. The Labute approximate surface area is 190 Å². The molecule has 32 heavy (non-hydrogen) atoms. The van der Waals surface area contributed by atoms with Gasteiger partial charge in [-0.1, -0.05) is 52.0 Å². The van der Waals surface area contributed by atoms with Crippen molar-refractivity contribution in [1.82, 2.24) is 5.32 Å². The molecule has 0 spiro atoms. The molecular weight excluding hydrogens is 404 g/mol. The maximum absolute atomic E-state index is 12.9. The van der Waals surface area contributed by atoms with Crippen LogP contribution in [0.2, 0.25) is 0 Å². The predicted octanol–water partition coefficient (Wildman–Crippen LogP) is 4.69. The SMILES string of the molecule is CC(=O)Nc1ccc(OC(=O)[C@@H](NC(=O)[C@H](C)c2ccc(CC(C)C)cc2)C(C)C)cc1. The number of carbonyl (C=O) groups is 3. The van der Waals surface area contributed by atoms with Gasteiger partial charge in [0.05, 0.1) is 5.92 Å². The fraction of sp³-hybridized carbons (Fsp3) is 0.423. The highest BCUT2D eigenvalue weighted by Gasteiger charge is 2.28. The Kier molecular flexibility index (Phi) is 9.00. The summed E-state index contributed by atoms with van der Waals surface area (Å²) in [5, 5.41) is 5.51. The minimum Gasteiger partial charge on any atom is -0.425 e. The Morgan fingerprint density at radius 1 is 0.875 bits per heavy atom. The first-order valence-electron chi connectivity index (χ1n) is 11.0. The van der Waals surface area contributed by atoms with E-state index in [9.17, 15) is 14.4 Å². The number of anilines is 1. The number of carbonyl (C=O) groups excluding carboxylic acids is 3. The molecule has 2 rings (SSSR count). The molecule has 2 aromatic rings. The Morgan fingerprint density at radius 3 is 1.97 bits per heavy atom. The first kappa shape index (κ1) is 25.1. The zero-order valence-corrected chi connectivity index (χ0v) is 19.8. The van der Waals surface area contributed by atoms with Crippen molar-refractivity contribution in [2.75, 3.05) is 5.32 Å². The molecule has 2 amide bonds. The molecule has 0 aromatic heterocycles. The Morgan fingerprint density at radius 2 is 1.47 bits per heavy atom. The Bertz CT molecular complexity index is 918. The van der Waals surface area contributed by atoms with Crippen LogP contribution in [-0.2, 0) is 20.8 Å². The summed E-state index contributed by atoms with van der Waals surface area (Å²) in [5.41, 5.74) is 2.75. The molecule has 0 saturated carbocycles. The molecule has 6 heteroatoms. The van der Waals surface area contributed by atoms with Gasteiger partial charge in [0.15, 0.2) is 0 Å². The van der Waals surface area contributed by atoms with Gasteiger partial charge < -0.3 is 15.4 Å². The summed E-state index contributed by atoms with van der Waals surface area (Å²) < 4.78 is 5.47.